The summed E-state index contributed by atoms with van der Waals surface area (Å²) in [6.45, 7) is 5.93. The summed E-state index contributed by atoms with van der Waals surface area (Å²) in [6, 6.07) is 13.8. The number of rotatable bonds is 9. The molecule has 9 nitrogen and oxygen atoms in total. The lowest BCUT2D eigenvalue weighted by Gasteiger charge is -2.14. The molecule has 12 heteroatoms. The van der Waals surface area contributed by atoms with E-state index in [2.05, 4.69) is 57.9 Å². The third-order valence-corrected chi connectivity index (χ3v) is 7.34. The zero-order valence-electron chi connectivity index (χ0n) is 21.2. The summed E-state index contributed by atoms with van der Waals surface area (Å²) in [5, 5.41) is 16.8. The number of nitro groups is 1. The Morgan fingerprint density at radius 2 is 1.79 bits per heavy atom. The van der Waals surface area contributed by atoms with Crippen LogP contribution in [-0.2, 0) is 6.61 Å². The number of halogens is 3. The van der Waals surface area contributed by atoms with Gasteiger partial charge in [0.25, 0.3) is 5.56 Å². The zero-order valence-corrected chi connectivity index (χ0v) is 25.9. The van der Waals surface area contributed by atoms with Crippen LogP contribution in [0.4, 0.5) is 5.69 Å². The van der Waals surface area contributed by atoms with Gasteiger partial charge < -0.3 is 9.47 Å². The van der Waals surface area contributed by atoms with Gasteiger partial charge in [-0.15, -0.1) is 0 Å². The molecule has 4 rings (SSSR count). The van der Waals surface area contributed by atoms with E-state index in [4.69, 9.17) is 9.47 Å². The SMILES string of the molecule is CCOc1cc(C=Nn2c(C(C)C)nc3ccc(Br)cc3c2=O)cc([N+](=O)[O-])c1OCc1ccc(Br)cc1Br. The van der Waals surface area contributed by atoms with Gasteiger partial charge in [0.2, 0.25) is 5.75 Å². The smallest absolute Gasteiger partial charge is 0.315 e. The molecule has 1 heterocycles. The number of nitro benzene ring substituents is 1. The number of aromatic nitrogens is 2. The van der Waals surface area contributed by atoms with Crippen LogP contribution in [0.1, 0.15) is 43.6 Å². The molecule has 0 unspecified atom stereocenters. The minimum absolute atomic E-state index is 0.00563. The zero-order chi connectivity index (χ0) is 28.3. The first-order valence-electron chi connectivity index (χ1n) is 11.9. The van der Waals surface area contributed by atoms with E-state index >= 15 is 0 Å². The second-order valence-electron chi connectivity index (χ2n) is 8.73. The Morgan fingerprint density at radius 3 is 2.46 bits per heavy atom. The lowest BCUT2D eigenvalue weighted by atomic mass is 10.1. The van der Waals surface area contributed by atoms with Crippen molar-refractivity contribution in [3.63, 3.8) is 0 Å². The number of fused-ring (bicyclic) bond motifs is 1. The molecule has 0 atom stereocenters. The third kappa shape index (κ3) is 6.56. The van der Waals surface area contributed by atoms with Crippen LogP contribution in [0.3, 0.4) is 0 Å². The molecule has 0 spiro atoms. The first kappa shape index (κ1) is 28.9. The van der Waals surface area contributed by atoms with E-state index in [-0.39, 0.29) is 41.9 Å². The maximum Gasteiger partial charge on any atom is 0.315 e. The summed E-state index contributed by atoms with van der Waals surface area (Å²) in [7, 11) is 0. The monoisotopic (exact) mass is 720 g/mol. The second kappa shape index (κ2) is 12.4. The molecule has 0 fully saturated rings. The van der Waals surface area contributed by atoms with Crippen LogP contribution >= 0.6 is 47.8 Å². The average molecular weight is 723 g/mol. The Labute approximate surface area is 249 Å². The molecule has 0 aliphatic heterocycles. The topological polar surface area (TPSA) is 109 Å². The van der Waals surface area contributed by atoms with Gasteiger partial charge in [0.05, 0.1) is 28.6 Å². The highest BCUT2D eigenvalue weighted by molar-refractivity contribution is 9.11. The van der Waals surface area contributed by atoms with E-state index in [0.29, 0.717) is 22.3 Å². The first-order valence-corrected chi connectivity index (χ1v) is 14.3. The van der Waals surface area contributed by atoms with Crippen LogP contribution in [0.5, 0.6) is 11.5 Å². The maximum absolute atomic E-state index is 13.3. The van der Waals surface area contributed by atoms with Crippen LogP contribution in [-0.4, -0.2) is 27.4 Å². The largest absolute Gasteiger partial charge is 0.490 e. The number of nitrogens with zero attached hydrogens (tertiary/aromatic N) is 4. The van der Waals surface area contributed by atoms with Gasteiger partial charge in [-0.05, 0) is 43.3 Å². The Morgan fingerprint density at radius 1 is 1.08 bits per heavy atom. The fraction of sp³-hybridized carbons (Fsp3) is 0.222. The molecular weight excluding hydrogens is 700 g/mol. The third-order valence-electron chi connectivity index (χ3n) is 5.61. The Bertz CT molecular complexity index is 1650. The van der Waals surface area contributed by atoms with E-state index in [9.17, 15) is 14.9 Å². The Balaban J connectivity index is 1.77. The second-order valence-corrected chi connectivity index (χ2v) is 11.4. The number of hydrogen-bond acceptors (Lipinski definition) is 7. The van der Waals surface area contributed by atoms with Gasteiger partial charge in [0, 0.05) is 36.5 Å². The highest BCUT2D eigenvalue weighted by atomic mass is 79.9. The normalized spacial score (nSPS) is 11.5. The molecule has 202 valence electrons. The summed E-state index contributed by atoms with van der Waals surface area (Å²) in [5.41, 5.74) is 1.09. The van der Waals surface area contributed by atoms with E-state index in [0.717, 1.165) is 19.0 Å². The highest BCUT2D eigenvalue weighted by Crippen LogP contribution is 2.39. The van der Waals surface area contributed by atoms with E-state index in [1.165, 1.54) is 17.0 Å². The fourth-order valence-corrected chi connectivity index (χ4v) is 5.31. The standard InChI is InChI=1S/C27H23Br3N4O5/c1-4-38-24-10-16(9-23(34(36)37)25(24)39-14-17-5-6-19(29)12-21(17)30)13-31-33-26(15(2)3)32-22-8-7-18(28)11-20(22)27(33)35/h5-13,15H,4,14H2,1-3H3. The van der Waals surface area contributed by atoms with Crippen molar-refractivity contribution < 1.29 is 14.4 Å². The molecule has 0 saturated carbocycles. The van der Waals surface area contributed by atoms with Gasteiger partial charge in [0.15, 0.2) is 5.75 Å². The predicted octanol–water partition coefficient (Wildman–Crippen LogP) is 7.58. The summed E-state index contributed by atoms with van der Waals surface area (Å²) in [5.74, 6) is 0.556. The summed E-state index contributed by atoms with van der Waals surface area (Å²) < 4.78 is 15.3. The molecule has 0 aliphatic rings. The predicted molar refractivity (Wildman–Crippen MR) is 161 cm³/mol. The molecule has 4 aromatic rings. The summed E-state index contributed by atoms with van der Waals surface area (Å²) in [4.78, 5) is 29.5. The van der Waals surface area contributed by atoms with Crippen LogP contribution in [0, 0.1) is 10.1 Å². The van der Waals surface area contributed by atoms with Gasteiger partial charge in [-0.2, -0.15) is 9.78 Å². The van der Waals surface area contributed by atoms with Gasteiger partial charge in [0.1, 0.15) is 12.4 Å². The van der Waals surface area contributed by atoms with Crippen molar-refractivity contribution in [3.8, 4) is 11.5 Å². The lowest BCUT2D eigenvalue weighted by molar-refractivity contribution is -0.386. The van der Waals surface area contributed by atoms with Crippen LogP contribution in [0.25, 0.3) is 10.9 Å². The van der Waals surface area contributed by atoms with Crippen molar-refractivity contribution >= 4 is 70.6 Å². The number of benzene rings is 3. The molecule has 0 N–H and O–H groups in total. The van der Waals surface area contributed by atoms with E-state index in [1.807, 2.05) is 38.1 Å². The summed E-state index contributed by atoms with van der Waals surface area (Å²) >= 11 is 10.3. The molecule has 0 bridgehead atoms. The first-order chi connectivity index (χ1) is 18.6. The number of hydrogen-bond donors (Lipinski definition) is 0. The molecule has 3 aromatic carbocycles. The average Bonchev–Trinajstić information content (AvgIpc) is 2.88. The highest BCUT2D eigenvalue weighted by Gasteiger charge is 2.23. The maximum atomic E-state index is 13.3. The Hall–Kier alpha value is -3.09. The van der Waals surface area contributed by atoms with Crippen molar-refractivity contribution in [1.82, 2.24) is 9.66 Å². The van der Waals surface area contributed by atoms with E-state index in [1.54, 1.807) is 25.1 Å². The molecule has 0 amide bonds. The van der Waals surface area contributed by atoms with Crippen LogP contribution in [0.15, 0.2) is 71.8 Å². The van der Waals surface area contributed by atoms with Gasteiger partial charge in [-0.3, -0.25) is 14.9 Å². The van der Waals surface area contributed by atoms with Gasteiger partial charge in [-0.1, -0.05) is 67.7 Å². The molecule has 1 aromatic heterocycles. The quantitative estimate of drug-likeness (QED) is 0.100. The minimum Gasteiger partial charge on any atom is -0.490 e. The molecule has 0 radical (unpaired) electrons. The van der Waals surface area contributed by atoms with Crippen molar-refractivity contribution in [2.75, 3.05) is 6.61 Å². The number of ether oxygens (including phenoxy) is 2. The fourth-order valence-electron chi connectivity index (χ4n) is 3.79. The molecular formula is C27H23Br3N4O5. The van der Waals surface area contributed by atoms with Crippen molar-refractivity contribution in [3.05, 3.63) is 99.4 Å². The Kier molecular flexibility index (Phi) is 9.19. The molecule has 39 heavy (non-hydrogen) atoms. The van der Waals surface area contributed by atoms with Gasteiger partial charge in [-0.25, -0.2) is 4.98 Å². The molecule has 0 aliphatic carbocycles. The molecule has 0 saturated heterocycles. The van der Waals surface area contributed by atoms with Crippen molar-refractivity contribution in [2.24, 2.45) is 5.10 Å². The van der Waals surface area contributed by atoms with E-state index < -0.39 is 4.92 Å². The minimum atomic E-state index is -0.535. The van der Waals surface area contributed by atoms with Crippen LogP contribution in [0.2, 0.25) is 0 Å². The summed E-state index contributed by atoms with van der Waals surface area (Å²) in [6.07, 6.45) is 1.38. The van der Waals surface area contributed by atoms with Crippen molar-refractivity contribution in [1.29, 1.82) is 0 Å². The lowest BCUT2D eigenvalue weighted by Crippen LogP contribution is -2.23. The van der Waals surface area contributed by atoms with Gasteiger partial charge >= 0.3 is 5.69 Å². The van der Waals surface area contributed by atoms with Crippen molar-refractivity contribution in [2.45, 2.75) is 33.3 Å². The van der Waals surface area contributed by atoms with Crippen LogP contribution < -0.4 is 15.0 Å².